The van der Waals surface area contributed by atoms with Crippen LogP contribution in [0.1, 0.15) is 0 Å². The van der Waals surface area contributed by atoms with E-state index in [0.29, 0.717) is 0 Å². The zero-order valence-electron chi connectivity index (χ0n) is 9.19. The van der Waals surface area contributed by atoms with Crippen molar-refractivity contribution in [1.29, 1.82) is 0 Å². The van der Waals surface area contributed by atoms with E-state index < -0.39 is 15.8 Å². The fourth-order valence-electron chi connectivity index (χ4n) is 1.40. The first-order valence-corrected chi connectivity index (χ1v) is 6.50. The van der Waals surface area contributed by atoms with Crippen LogP contribution >= 0.6 is 0 Å². The van der Waals surface area contributed by atoms with Gasteiger partial charge in [0.25, 0.3) is 10.0 Å². The second-order valence-electron chi connectivity index (χ2n) is 3.54. The Morgan fingerprint density at radius 2 is 1.50 bits per heavy atom. The Labute approximate surface area is 104 Å². The molecule has 0 saturated carbocycles. The smallest absolute Gasteiger partial charge is 0.274 e. The Balaban J connectivity index is 2.39. The first-order chi connectivity index (χ1) is 8.51. The van der Waals surface area contributed by atoms with E-state index in [1.165, 1.54) is 24.3 Å². The maximum absolute atomic E-state index is 12.7. The molecule has 6 heteroatoms. The fraction of sp³-hybridized carbons (Fsp3) is 0. The summed E-state index contributed by atoms with van der Waals surface area (Å²) >= 11 is 0. The monoisotopic (exact) mass is 267 g/mol. The van der Waals surface area contributed by atoms with Crippen LogP contribution in [-0.2, 0) is 10.0 Å². The van der Waals surface area contributed by atoms with E-state index >= 15 is 0 Å². The normalized spacial score (nSPS) is 11.2. The standard InChI is InChI=1S/C12H10FNO3S/c13-10-6-8-11(9-7-10)14(15)18(16,17)12-4-2-1-3-5-12/h1-9,15H. The third kappa shape index (κ3) is 2.34. The highest BCUT2D eigenvalue weighted by molar-refractivity contribution is 7.92. The van der Waals surface area contributed by atoms with Gasteiger partial charge in [-0.3, -0.25) is 5.21 Å². The highest BCUT2D eigenvalue weighted by atomic mass is 32.2. The lowest BCUT2D eigenvalue weighted by Gasteiger charge is -2.16. The first kappa shape index (κ1) is 12.5. The molecule has 0 radical (unpaired) electrons. The molecule has 2 aromatic rings. The molecule has 2 aromatic carbocycles. The summed E-state index contributed by atoms with van der Waals surface area (Å²) in [5.74, 6) is -0.510. The third-order valence-electron chi connectivity index (χ3n) is 2.32. The Bertz CT molecular complexity index is 626. The minimum absolute atomic E-state index is 0.0275. The van der Waals surface area contributed by atoms with Gasteiger partial charge in [-0.1, -0.05) is 18.2 Å². The number of halogens is 1. The summed E-state index contributed by atoms with van der Waals surface area (Å²) in [7, 11) is -4.04. The molecule has 0 atom stereocenters. The molecule has 0 aliphatic carbocycles. The average molecular weight is 267 g/mol. The molecular weight excluding hydrogens is 257 g/mol. The van der Waals surface area contributed by atoms with Gasteiger partial charge in [-0.05, 0) is 36.4 Å². The van der Waals surface area contributed by atoms with Gasteiger partial charge in [-0.25, -0.2) is 4.39 Å². The van der Waals surface area contributed by atoms with Crippen LogP contribution in [0.25, 0.3) is 0 Å². The molecule has 18 heavy (non-hydrogen) atoms. The minimum atomic E-state index is -4.04. The number of sulfonamides is 1. The van der Waals surface area contributed by atoms with E-state index in [1.54, 1.807) is 18.2 Å². The van der Waals surface area contributed by atoms with Crippen LogP contribution in [0.3, 0.4) is 0 Å². The highest BCUT2D eigenvalue weighted by Gasteiger charge is 2.22. The fourth-order valence-corrected chi connectivity index (χ4v) is 2.50. The van der Waals surface area contributed by atoms with Gasteiger partial charge in [-0.15, -0.1) is 4.47 Å². The molecular formula is C12H10FNO3S. The van der Waals surface area contributed by atoms with Crippen molar-refractivity contribution in [3.05, 3.63) is 60.4 Å². The van der Waals surface area contributed by atoms with Crippen LogP contribution in [0.5, 0.6) is 0 Å². The lowest BCUT2D eigenvalue weighted by atomic mass is 10.3. The van der Waals surface area contributed by atoms with Gasteiger partial charge in [0.15, 0.2) is 0 Å². The molecule has 0 fully saturated rings. The van der Waals surface area contributed by atoms with Gasteiger partial charge in [0.1, 0.15) is 5.82 Å². The largest absolute Gasteiger partial charge is 0.286 e. The second-order valence-corrected chi connectivity index (χ2v) is 5.30. The van der Waals surface area contributed by atoms with Crippen LogP contribution in [0.2, 0.25) is 0 Å². The van der Waals surface area contributed by atoms with Crippen molar-refractivity contribution in [2.75, 3.05) is 4.47 Å². The topological polar surface area (TPSA) is 57.6 Å². The average Bonchev–Trinajstić information content (AvgIpc) is 2.40. The molecule has 0 saturated heterocycles. The quantitative estimate of drug-likeness (QED) is 0.869. The second kappa shape index (κ2) is 4.75. The van der Waals surface area contributed by atoms with Crippen LogP contribution in [0, 0.1) is 5.82 Å². The molecule has 4 nitrogen and oxygen atoms in total. The lowest BCUT2D eigenvalue weighted by molar-refractivity contribution is 0.316. The van der Waals surface area contributed by atoms with E-state index in [1.807, 2.05) is 0 Å². The molecule has 2 rings (SSSR count). The van der Waals surface area contributed by atoms with Crippen molar-refractivity contribution in [3.8, 4) is 0 Å². The van der Waals surface area contributed by atoms with E-state index in [9.17, 15) is 18.0 Å². The van der Waals surface area contributed by atoms with Gasteiger partial charge in [0, 0.05) is 0 Å². The zero-order valence-corrected chi connectivity index (χ0v) is 10.0. The van der Waals surface area contributed by atoms with Crippen molar-refractivity contribution in [2.24, 2.45) is 0 Å². The van der Waals surface area contributed by atoms with Crippen molar-refractivity contribution in [2.45, 2.75) is 4.90 Å². The number of nitrogens with zero attached hydrogens (tertiary/aromatic N) is 1. The molecule has 0 aromatic heterocycles. The number of hydrogen-bond donors (Lipinski definition) is 1. The lowest BCUT2D eigenvalue weighted by Crippen LogP contribution is -2.27. The molecule has 94 valence electrons. The molecule has 1 N–H and O–H groups in total. The summed E-state index contributed by atoms with van der Waals surface area (Å²) in [4.78, 5) is -0.0446. The Kier molecular flexibility index (Phi) is 3.31. The third-order valence-corrected chi connectivity index (χ3v) is 3.85. The molecule has 0 aliphatic heterocycles. The van der Waals surface area contributed by atoms with E-state index in [0.717, 1.165) is 12.1 Å². The van der Waals surface area contributed by atoms with E-state index in [-0.39, 0.29) is 15.1 Å². The van der Waals surface area contributed by atoms with Crippen LogP contribution in [0.4, 0.5) is 10.1 Å². The van der Waals surface area contributed by atoms with Crippen molar-refractivity contribution in [1.82, 2.24) is 0 Å². The predicted molar refractivity (Wildman–Crippen MR) is 64.3 cm³/mol. The maximum atomic E-state index is 12.7. The van der Waals surface area contributed by atoms with E-state index in [2.05, 4.69) is 0 Å². The van der Waals surface area contributed by atoms with Gasteiger partial charge >= 0.3 is 0 Å². The van der Waals surface area contributed by atoms with Crippen molar-refractivity contribution >= 4 is 15.7 Å². The van der Waals surface area contributed by atoms with Gasteiger partial charge < -0.3 is 0 Å². The maximum Gasteiger partial charge on any atom is 0.286 e. The summed E-state index contributed by atoms with van der Waals surface area (Å²) in [6.45, 7) is 0. The number of hydrogen-bond acceptors (Lipinski definition) is 3. The number of rotatable bonds is 3. The molecule has 0 unspecified atom stereocenters. The molecule has 0 heterocycles. The van der Waals surface area contributed by atoms with Crippen molar-refractivity contribution < 1.29 is 18.0 Å². The molecule has 0 amide bonds. The minimum Gasteiger partial charge on any atom is -0.274 e. The summed E-state index contributed by atoms with van der Waals surface area (Å²) < 4.78 is 36.8. The number of anilines is 1. The SMILES string of the molecule is O=S(=O)(c1ccccc1)N(O)c1ccc(F)cc1. The zero-order chi connectivity index (χ0) is 13.2. The summed E-state index contributed by atoms with van der Waals surface area (Å²) in [5.41, 5.74) is -0.0275. The molecule has 0 spiro atoms. The number of benzene rings is 2. The Morgan fingerprint density at radius 1 is 0.944 bits per heavy atom. The highest BCUT2D eigenvalue weighted by Crippen LogP contribution is 2.21. The summed E-state index contributed by atoms with van der Waals surface area (Å²) in [6.07, 6.45) is 0. The van der Waals surface area contributed by atoms with E-state index in [4.69, 9.17) is 0 Å². The van der Waals surface area contributed by atoms with Gasteiger partial charge in [0.2, 0.25) is 0 Å². The van der Waals surface area contributed by atoms with Gasteiger partial charge in [0.05, 0.1) is 10.6 Å². The molecule has 0 bridgehead atoms. The summed E-state index contributed by atoms with van der Waals surface area (Å²) in [6, 6.07) is 12.0. The predicted octanol–water partition coefficient (Wildman–Crippen LogP) is 2.41. The van der Waals surface area contributed by atoms with Crippen LogP contribution in [0.15, 0.2) is 59.5 Å². The molecule has 0 aliphatic rings. The summed E-state index contributed by atoms with van der Waals surface area (Å²) in [5, 5.41) is 9.72. The first-order valence-electron chi connectivity index (χ1n) is 5.06. The van der Waals surface area contributed by atoms with Gasteiger partial charge in [-0.2, -0.15) is 8.42 Å². The Morgan fingerprint density at radius 3 is 2.06 bits per heavy atom. The van der Waals surface area contributed by atoms with Crippen LogP contribution in [-0.4, -0.2) is 13.6 Å². The van der Waals surface area contributed by atoms with Crippen molar-refractivity contribution in [3.63, 3.8) is 0 Å². The Hall–Kier alpha value is -1.92. The van der Waals surface area contributed by atoms with Crippen LogP contribution < -0.4 is 4.47 Å².